The van der Waals surface area contributed by atoms with Crippen LogP contribution in [0, 0.1) is 11.3 Å². The number of likely N-dealkylation sites (N-methyl/N-ethyl adjacent to an activating group) is 1. The van der Waals surface area contributed by atoms with Crippen LogP contribution in [0.15, 0.2) is 16.8 Å². The number of rotatable bonds is 7. The standard InChI is InChI=1S/C20H33N3O2S.3C2HF3O2/c1-4-25-19(24)20-7-5-8-22(12-17-6-11-26-15-17)13-18(20)14-23(16-20)10-9-21(2)3;3*3-2(4,5)1(6)7/h6,11,15,18H,4-5,7-10,12-14,16H2,1-3H3;3*(H,6,7)/t18-,20-;;;/m0.../s1. The van der Waals surface area contributed by atoms with Gasteiger partial charge in [0.25, 0.3) is 0 Å². The van der Waals surface area contributed by atoms with Crippen LogP contribution in [0.1, 0.15) is 25.3 Å². The monoisotopic (exact) mass is 721 g/mol. The summed E-state index contributed by atoms with van der Waals surface area (Å²) in [6, 6.07) is 2.21. The normalized spacial score (nSPS) is 20.2. The van der Waals surface area contributed by atoms with Gasteiger partial charge in [0.2, 0.25) is 0 Å². The Morgan fingerprint density at radius 3 is 1.77 bits per heavy atom. The highest BCUT2D eigenvalue weighted by atomic mass is 32.1. The van der Waals surface area contributed by atoms with Gasteiger partial charge in [0, 0.05) is 45.2 Å². The van der Waals surface area contributed by atoms with E-state index in [1.54, 1.807) is 11.3 Å². The maximum absolute atomic E-state index is 13.0. The number of nitrogens with zero attached hydrogens (tertiary/aromatic N) is 3. The van der Waals surface area contributed by atoms with E-state index in [0.29, 0.717) is 12.5 Å². The first kappa shape index (κ1) is 43.8. The second-order valence-electron chi connectivity index (χ2n) is 10.5. The molecule has 1 aromatic heterocycles. The van der Waals surface area contributed by atoms with Crippen molar-refractivity contribution >= 4 is 35.2 Å². The number of thiophene rings is 1. The van der Waals surface area contributed by atoms with Crippen molar-refractivity contribution < 1.29 is 78.7 Å². The van der Waals surface area contributed by atoms with Crippen molar-refractivity contribution in [1.29, 1.82) is 0 Å². The zero-order chi connectivity index (χ0) is 36.8. The lowest BCUT2D eigenvalue weighted by atomic mass is 9.75. The summed E-state index contributed by atoms with van der Waals surface area (Å²) in [6.07, 6.45) is -13.2. The number of hydrogen-bond donors (Lipinski definition) is 3. The number of alkyl halides is 9. The van der Waals surface area contributed by atoms with Crippen LogP contribution in [0.4, 0.5) is 39.5 Å². The SMILES string of the molecule is CCOC(=O)[C@]12CCCN(Cc3ccsc3)C[C@H]1CN(CCN(C)C)C2.O=C(O)C(F)(F)F.O=C(O)C(F)(F)F.O=C(O)C(F)(F)F. The summed E-state index contributed by atoms with van der Waals surface area (Å²) in [5.41, 5.74) is 1.08. The lowest BCUT2D eigenvalue weighted by Crippen LogP contribution is -2.42. The minimum atomic E-state index is -5.08. The highest BCUT2D eigenvalue weighted by Gasteiger charge is 2.53. The summed E-state index contributed by atoms with van der Waals surface area (Å²) in [7, 11) is 4.22. The minimum Gasteiger partial charge on any atom is -0.475 e. The predicted octanol–water partition coefficient (Wildman–Crippen LogP) is 4.29. The molecular weight excluding hydrogens is 685 g/mol. The number of carboxylic acids is 3. The molecule has 3 rings (SSSR count). The summed E-state index contributed by atoms with van der Waals surface area (Å²) in [5, 5.41) is 25.8. The third-order valence-electron chi connectivity index (χ3n) is 6.60. The van der Waals surface area contributed by atoms with Crippen LogP contribution in [0.3, 0.4) is 0 Å². The van der Waals surface area contributed by atoms with E-state index in [-0.39, 0.29) is 11.4 Å². The van der Waals surface area contributed by atoms with Crippen LogP contribution >= 0.6 is 11.3 Å². The molecule has 1 aromatic rings. The Morgan fingerprint density at radius 2 is 1.38 bits per heavy atom. The van der Waals surface area contributed by atoms with E-state index in [0.717, 1.165) is 58.7 Å². The molecule has 2 atom stereocenters. The zero-order valence-electron chi connectivity index (χ0n) is 25.4. The molecule has 11 nitrogen and oxygen atoms in total. The number of halogens is 9. The Labute approximate surface area is 267 Å². The maximum atomic E-state index is 13.0. The molecule has 2 fully saturated rings. The predicted molar refractivity (Wildman–Crippen MR) is 147 cm³/mol. The second kappa shape index (κ2) is 19.0. The van der Waals surface area contributed by atoms with Crippen LogP contribution in [0.5, 0.6) is 0 Å². The van der Waals surface area contributed by atoms with E-state index in [1.807, 2.05) is 6.92 Å². The quantitative estimate of drug-likeness (QED) is 0.274. The highest BCUT2D eigenvalue weighted by molar-refractivity contribution is 7.07. The molecule has 21 heteroatoms. The van der Waals surface area contributed by atoms with Crippen molar-refractivity contribution in [2.24, 2.45) is 11.3 Å². The molecule has 0 radical (unpaired) electrons. The molecule has 0 saturated carbocycles. The molecular formula is C26H36F9N3O8S. The molecule has 0 aromatic carbocycles. The number of fused-ring (bicyclic) bond motifs is 1. The summed E-state index contributed by atoms with van der Waals surface area (Å²) in [6.45, 7) is 9.38. The average molecular weight is 722 g/mol. The number of aliphatic carboxylic acids is 3. The van der Waals surface area contributed by atoms with Crippen molar-refractivity contribution in [3.05, 3.63) is 22.4 Å². The minimum absolute atomic E-state index is 0.0368. The number of carboxylic acid groups (broad SMARTS) is 3. The van der Waals surface area contributed by atoms with E-state index < -0.39 is 36.4 Å². The maximum Gasteiger partial charge on any atom is 0.490 e. The van der Waals surface area contributed by atoms with Gasteiger partial charge in [0.05, 0.1) is 12.0 Å². The first-order chi connectivity index (χ1) is 21.4. The van der Waals surface area contributed by atoms with E-state index in [1.165, 1.54) is 5.56 Å². The Morgan fingerprint density at radius 1 is 0.915 bits per heavy atom. The average Bonchev–Trinajstić information content (AvgIpc) is 3.51. The van der Waals surface area contributed by atoms with Crippen LogP contribution in [0.2, 0.25) is 0 Å². The molecule has 2 saturated heterocycles. The fourth-order valence-corrected chi connectivity index (χ4v) is 5.18. The number of likely N-dealkylation sites (tertiary alicyclic amines) is 2. The van der Waals surface area contributed by atoms with E-state index in [4.69, 9.17) is 34.4 Å². The fraction of sp³-hybridized carbons (Fsp3) is 0.692. The number of ether oxygens (including phenoxy) is 1. The van der Waals surface area contributed by atoms with Gasteiger partial charge in [-0.25, -0.2) is 14.4 Å². The zero-order valence-corrected chi connectivity index (χ0v) is 26.2. The molecule has 272 valence electrons. The van der Waals surface area contributed by atoms with Gasteiger partial charge in [-0.15, -0.1) is 0 Å². The molecule has 3 heterocycles. The summed E-state index contributed by atoms with van der Waals surface area (Å²) in [5.74, 6) is -7.87. The van der Waals surface area contributed by atoms with Gasteiger partial charge in [-0.1, -0.05) is 0 Å². The molecule has 0 spiro atoms. The van der Waals surface area contributed by atoms with Gasteiger partial charge in [0.15, 0.2) is 0 Å². The lowest BCUT2D eigenvalue weighted by molar-refractivity contribution is -0.193. The summed E-state index contributed by atoms with van der Waals surface area (Å²) in [4.78, 5) is 46.9. The molecule has 2 aliphatic heterocycles. The Bertz CT molecular complexity index is 1080. The van der Waals surface area contributed by atoms with Crippen molar-refractivity contribution in [2.75, 3.05) is 60.0 Å². The van der Waals surface area contributed by atoms with Crippen molar-refractivity contribution in [2.45, 2.75) is 44.8 Å². The first-order valence-corrected chi connectivity index (χ1v) is 14.5. The van der Waals surface area contributed by atoms with Gasteiger partial charge in [0.1, 0.15) is 0 Å². The van der Waals surface area contributed by atoms with Crippen LogP contribution in [-0.2, 0) is 30.5 Å². The lowest BCUT2D eigenvalue weighted by Gasteiger charge is -2.31. The fourth-order valence-electron chi connectivity index (χ4n) is 4.52. The largest absolute Gasteiger partial charge is 0.490 e. The second-order valence-corrected chi connectivity index (χ2v) is 11.3. The van der Waals surface area contributed by atoms with Crippen molar-refractivity contribution in [3.8, 4) is 0 Å². The van der Waals surface area contributed by atoms with Crippen molar-refractivity contribution in [3.63, 3.8) is 0 Å². The van der Waals surface area contributed by atoms with Crippen LogP contribution in [0.25, 0.3) is 0 Å². The van der Waals surface area contributed by atoms with E-state index in [9.17, 15) is 44.3 Å². The molecule has 3 N–H and O–H groups in total. The first-order valence-electron chi connectivity index (χ1n) is 13.5. The van der Waals surface area contributed by atoms with Gasteiger partial charge < -0.3 is 29.9 Å². The summed E-state index contributed by atoms with van der Waals surface area (Å²) < 4.78 is 101. The number of carbonyl (C=O) groups excluding carboxylic acids is 1. The Kier molecular flexibility index (Phi) is 17.7. The highest BCUT2D eigenvalue weighted by Crippen LogP contribution is 2.44. The third-order valence-corrected chi connectivity index (χ3v) is 7.33. The van der Waals surface area contributed by atoms with Gasteiger partial charge in [-0.2, -0.15) is 50.9 Å². The Hall–Kier alpha value is -3.17. The molecule has 2 aliphatic rings. The molecule has 0 unspecified atom stereocenters. The van der Waals surface area contributed by atoms with Gasteiger partial charge in [-0.3, -0.25) is 9.69 Å². The van der Waals surface area contributed by atoms with Crippen LogP contribution < -0.4 is 0 Å². The number of hydrogen-bond acceptors (Lipinski definition) is 9. The molecule has 0 bridgehead atoms. The third kappa shape index (κ3) is 16.5. The number of esters is 1. The summed E-state index contributed by atoms with van der Waals surface area (Å²) >= 11 is 1.76. The molecule has 0 aliphatic carbocycles. The van der Waals surface area contributed by atoms with E-state index in [2.05, 4.69) is 45.6 Å². The van der Waals surface area contributed by atoms with Gasteiger partial charge in [-0.05, 0) is 62.8 Å². The van der Waals surface area contributed by atoms with E-state index >= 15 is 0 Å². The molecule has 47 heavy (non-hydrogen) atoms. The molecule has 0 amide bonds. The van der Waals surface area contributed by atoms with Crippen LogP contribution in [-0.4, -0.2) is 132 Å². The topological polar surface area (TPSA) is 148 Å². The number of carbonyl (C=O) groups is 4. The smallest absolute Gasteiger partial charge is 0.475 e. The van der Waals surface area contributed by atoms with Gasteiger partial charge >= 0.3 is 42.4 Å². The Balaban J connectivity index is 0.000000820. The van der Waals surface area contributed by atoms with Crippen molar-refractivity contribution in [1.82, 2.24) is 14.7 Å².